The second-order valence-corrected chi connectivity index (χ2v) is 8.54. The lowest BCUT2D eigenvalue weighted by atomic mass is 10.1. The first-order valence-corrected chi connectivity index (χ1v) is 11.0. The number of rotatable bonds is 6. The Bertz CT molecular complexity index is 955. The van der Waals surface area contributed by atoms with E-state index in [0.717, 1.165) is 25.1 Å². The van der Waals surface area contributed by atoms with E-state index in [1.807, 2.05) is 4.90 Å². The Hall–Kier alpha value is -2.91. The van der Waals surface area contributed by atoms with Crippen molar-refractivity contribution in [2.24, 2.45) is 0 Å². The van der Waals surface area contributed by atoms with Crippen LogP contribution in [0.1, 0.15) is 30.4 Å². The molecule has 3 aliphatic heterocycles. The number of fused-ring (bicyclic) bond motifs is 1. The van der Waals surface area contributed by atoms with Gasteiger partial charge in [-0.05, 0) is 43.5 Å². The topological polar surface area (TPSA) is 109 Å². The molecule has 5 rings (SSSR count). The first kappa shape index (κ1) is 20.0. The molecule has 9 nitrogen and oxygen atoms in total. The molecule has 2 fully saturated rings. The molecule has 1 aromatic heterocycles. The number of benzene rings is 1. The normalized spacial score (nSPS) is 21.2. The highest BCUT2D eigenvalue weighted by Gasteiger charge is 2.28. The lowest BCUT2D eigenvalue weighted by Gasteiger charge is -2.31. The molecular formula is C22H29N7O2. The summed E-state index contributed by atoms with van der Waals surface area (Å²) in [4.78, 5) is 25.8. The number of hydrogen-bond acceptors (Lipinski definition) is 8. The van der Waals surface area contributed by atoms with Gasteiger partial charge in [0.2, 0.25) is 11.9 Å². The molecule has 0 saturated carbocycles. The van der Waals surface area contributed by atoms with Crippen molar-refractivity contribution in [3.8, 4) is 0 Å². The number of carbonyl (C=O) groups is 1. The summed E-state index contributed by atoms with van der Waals surface area (Å²) in [6.07, 6.45) is 3.47. The molecule has 3 aliphatic rings. The summed E-state index contributed by atoms with van der Waals surface area (Å²) in [5.74, 6) is 1.28. The molecule has 1 amide bonds. The number of aromatic nitrogens is 2. The van der Waals surface area contributed by atoms with Crippen molar-refractivity contribution in [1.82, 2.24) is 14.9 Å². The van der Waals surface area contributed by atoms with Crippen molar-refractivity contribution in [1.29, 1.82) is 0 Å². The van der Waals surface area contributed by atoms with E-state index in [4.69, 9.17) is 15.5 Å². The fourth-order valence-electron chi connectivity index (χ4n) is 4.51. The molecule has 4 N–H and O–H groups in total. The fraction of sp³-hybridized carbons (Fsp3) is 0.500. The summed E-state index contributed by atoms with van der Waals surface area (Å²) in [7, 11) is 0. The summed E-state index contributed by atoms with van der Waals surface area (Å²) in [6, 6.07) is 8.76. The first-order valence-electron chi connectivity index (χ1n) is 11.0. The van der Waals surface area contributed by atoms with Crippen LogP contribution < -0.4 is 21.3 Å². The SMILES string of the molecule is Nc1nc(N[C@@H]2CCOC2)nc2c1NC(=O)CN2Cc1cccc(CN2CCCC2)c1. The van der Waals surface area contributed by atoms with E-state index in [2.05, 4.69) is 44.8 Å². The van der Waals surface area contributed by atoms with Crippen molar-refractivity contribution in [2.75, 3.05) is 54.1 Å². The van der Waals surface area contributed by atoms with E-state index in [1.54, 1.807) is 0 Å². The van der Waals surface area contributed by atoms with Crippen LogP contribution in [0, 0.1) is 0 Å². The Morgan fingerprint density at radius 2 is 2.00 bits per heavy atom. The van der Waals surface area contributed by atoms with Gasteiger partial charge in [0, 0.05) is 19.7 Å². The van der Waals surface area contributed by atoms with Gasteiger partial charge in [0.1, 0.15) is 5.69 Å². The van der Waals surface area contributed by atoms with E-state index >= 15 is 0 Å². The molecule has 1 aromatic carbocycles. The van der Waals surface area contributed by atoms with Gasteiger partial charge in [-0.3, -0.25) is 9.69 Å². The van der Waals surface area contributed by atoms with Crippen molar-refractivity contribution < 1.29 is 9.53 Å². The van der Waals surface area contributed by atoms with E-state index in [1.165, 1.54) is 31.5 Å². The Labute approximate surface area is 182 Å². The Morgan fingerprint density at radius 3 is 2.77 bits per heavy atom. The molecule has 0 aliphatic carbocycles. The van der Waals surface area contributed by atoms with Crippen LogP contribution in [0.25, 0.3) is 0 Å². The van der Waals surface area contributed by atoms with Crippen LogP contribution in [0.4, 0.5) is 23.3 Å². The van der Waals surface area contributed by atoms with Gasteiger partial charge in [-0.1, -0.05) is 24.3 Å². The maximum Gasteiger partial charge on any atom is 0.244 e. The number of nitrogens with one attached hydrogen (secondary N) is 2. The smallest absolute Gasteiger partial charge is 0.244 e. The molecule has 0 unspecified atom stereocenters. The van der Waals surface area contributed by atoms with Crippen LogP contribution in [0.15, 0.2) is 24.3 Å². The van der Waals surface area contributed by atoms with Crippen molar-refractivity contribution >= 4 is 29.2 Å². The number of ether oxygens (including phenoxy) is 1. The van der Waals surface area contributed by atoms with E-state index < -0.39 is 0 Å². The quantitative estimate of drug-likeness (QED) is 0.646. The third kappa shape index (κ3) is 4.57. The Balaban J connectivity index is 1.37. The van der Waals surface area contributed by atoms with Crippen LogP contribution in [0.5, 0.6) is 0 Å². The monoisotopic (exact) mass is 423 g/mol. The number of hydrogen-bond donors (Lipinski definition) is 3. The minimum Gasteiger partial charge on any atom is -0.382 e. The van der Waals surface area contributed by atoms with Crippen LogP contribution in [0.2, 0.25) is 0 Å². The number of amides is 1. The largest absolute Gasteiger partial charge is 0.382 e. The van der Waals surface area contributed by atoms with Crippen LogP contribution in [-0.2, 0) is 22.6 Å². The number of nitrogens with two attached hydrogens (primary N) is 1. The predicted octanol–water partition coefficient (Wildman–Crippen LogP) is 1.81. The van der Waals surface area contributed by atoms with Crippen molar-refractivity contribution in [2.45, 2.75) is 38.4 Å². The lowest BCUT2D eigenvalue weighted by molar-refractivity contribution is -0.115. The van der Waals surface area contributed by atoms with Gasteiger partial charge in [0.15, 0.2) is 11.6 Å². The van der Waals surface area contributed by atoms with Gasteiger partial charge in [-0.2, -0.15) is 9.97 Å². The van der Waals surface area contributed by atoms with E-state index in [-0.39, 0.29) is 24.3 Å². The average molecular weight is 424 g/mol. The highest BCUT2D eigenvalue weighted by molar-refractivity contribution is 6.03. The molecule has 164 valence electrons. The van der Waals surface area contributed by atoms with Gasteiger partial charge < -0.3 is 26.0 Å². The van der Waals surface area contributed by atoms with Crippen LogP contribution >= 0.6 is 0 Å². The molecule has 2 saturated heterocycles. The van der Waals surface area contributed by atoms with Gasteiger partial charge >= 0.3 is 0 Å². The molecule has 4 heterocycles. The molecule has 0 spiro atoms. The highest BCUT2D eigenvalue weighted by Crippen LogP contribution is 2.34. The zero-order valence-corrected chi connectivity index (χ0v) is 17.6. The molecule has 31 heavy (non-hydrogen) atoms. The van der Waals surface area contributed by atoms with Gasteiger partial charge in [-0.25, -0.2) is 0 Å². The lowest BCUT2D eigenvalue weighted by Crippen LogP contribution is -2.39. The number of likely N-dealkylation sites (tertiary alicyclic amines) is 1. The number of nitrogen functional groups attached to an aromatic ring is 1. The Morgan fingerprint density at radius 1 is 1.19 bits per heavy atom. The zero-order valence-electron chi connectivity index (χ0n) is 17.6. The first-order chi connectivity index (χ1) is 15.1. The summed E-state index contributed by atoms with van der Waals surface area (Å²) in [5.41, 5.74) is 9.11. The predicted molar refractivity (Wildman–Crippen MR) is 120 cm³/mol. The van der Waals surface area contributed by atoms with Gasteiger partial charge in [-0.15, -0.1) is 0 Å². The standard InChI is InChI=1S/C22H29N7O2/c23-20-19-21(27-22(26-20)24-17-6-9-31-14-17)29(13-18(30)25-19)12-16-5-3-4-15(10-16)11-28-7-1-2-8-28/h3-5,10,17H,1-2,6-9,11-14H2,(H,25,30)(H3,23,24,26,27)/t17-/m1/s1. The summed E-state index contributed by atoms with van der Waals surface area (Å²) >= 11 is 0. The fourth-order valence-corrected chi connectivity index (χ4v) is 4.51. The number of carbonyl (C=O) groups excluding carboxylic acids is 1. The number of nitrogens with zero attached hydrogens (tertiary/aromatic N) is 4. The summed E-state index contributed by atoms with van der Waals surface area (Å²) < 4.78 is 5.42. The molecule has 9 heteroatoms. The van der Waals surface area contributed by atoms with Crippen LogP contribution in [0.3, 0.4) is 0 Å². The number of anilines is 4. The minimum absolute atomic E-state index is 0.110. The van der Waals surface area contributed by atoms with Crippen molar-refractivity contribution in [3.63, 3.8) is 0 Å². The zero-order chi connectivity index (χ0) is 21.2. The summed E-state index contributed by atoms with van der Waals surface area (Å²) in [6.45, 7) is 5.47. The molecule has 0 bridgehead atoms. The molecular weight excluding hydrogens is 394 g/mol. The molecule has 2 aromatic rings. The average Bonchev–Trinajstić information content (AvgIpc) is 3.44. The van der Waals surface area contributed by atoms with Gasteiger partial charge in [0.05, 0.1) is 19.2 Å². The Kier molecular flexibility index (Phi) is 5.61. The molecule has 1 atom stereocenters. The maximum atomic E-state index is 12.3. The van der Waals surface area contributed by atoms with Crippen LogP contribution in [-0.4, -0.2) is 59.7 Å². The van der Waals surface area contributed by atoms with Gasteiger partial charge in [0.25, 0.3) is 0 Å². The molecule has 0 radical (unpaired) electrons. The third-order valence-electron chi connectivity index (χ3n) is 6.05. The second-order valence-electron chi connectivity index (χ2n) is 8.54. The van der Waals surface area contributed by atoms with E-state index in [0.29, 0.717) is 30.6 Å². The summed E-state index contributed by atoms with van der Waals surface area (Å²) in [5, 5.41) is 6.14. The minimum atomic E-state index is -0.110. The highest BCUT2D eigenvalue weighted by atomic mass is 16.5. The third-order valence-corrected chi connectivity index (χ3v) is 6.05. The second kappa shape index (κ2) is 8.68. The maximum absolute atomic E-state index is 12.3. The van der Waals surface area contributed by atoms with Crippen molar-refractivity contribution in [3.05, 3.63) is 35.4 Å². The van der Waals surface area contributed by atoms with E-state index in [9.17, 15) is 4.79 Å².